The van der Waals surface area contributed by atoms with Crippen molar-refractivity contribution in [1.82, 2.24) is 19.8 Å². The highest BCUT2D eigenvalue weighted by Gasteiger charge is 2.34. The monoisotopic (exact) mass is 340 g/mol. The van der Waals surface area contributed by atoms with E-state index in [1.165, 1.54) is 6.07 Å². The van der Waals surface area contributed by atoms with E-state index >= 15 is 0 Å². The second-order valence-corrected chi connectivity index (χ2v) is 6.80. The van der Waals surface area contributed by atoms with E-state index in [4.69, 9.17) is 0 Å². The van der Waals surface area contributed by atoms with Crippen molar-refractivity contribution in [1.29, 1.82) is 0 Å². The predicted molar refractivity (Wildman–Crippen MR) is 91.0 cm³/mol. The molecule has 1 saturated carbocycles. The van der Waals surface area contributed by atoms with Crippen molar-refractivity contribution in [2.45, 2.75) is 38.4 Å². The molecule has 0 unspecified atom stereocenters. The van der Waals surface area contributed by atoms with Gasteiger partial charge >= 0.3 is 0 Å². The van der Waals surface area contributed by atoms with Gasteiger partial charge in [-0.25, -0.2) is 14.4 Å². The second-order valence-electron chi connectivity index (χ2n) is 6.80. The SMILES string of the molecule is O=C(CN1CCc2cncnc2C1)N(Cc1ccccc1F)C1CC1. The molecule has 2 aromatic rings. The number of carbonyl (C=O) groups is 1. The fraction of sp³-hybridized carbons (Fsp3) is 0.421. The highest BCUT2D eigenvalue weighted by atomic mass is 19.1. The standard InChI is InChI=1S/C19H21FN4O/c20-17-4-2-1-3-15(17)10-24(16-5-6-16)19(25)12-23-8-7-14-9-21-13-22-18(14)11-23/h1-4,9,13,16H,5-8,10-12H2. The van der Waals surface area contributed by atoms with E-state index in [2.05, 4.69) is 14.9 Å². The lowest BCUT2D eigenvalue weighted by Crippen LogP contribution is -2.43. The van der Waals surface area contributed by atoms with Crippen LogP contribution in [-0.2, 0) is 24.3 Å². The van der Waals surface area contributed by atoms with Crippen molar-refractivity contribution in [3.05, 3.63) is 59.4 Å². The van der Waals surface area contributed by atoms with Crippen LogP contribution in [0, 0.1) is 5.82 Å². The number of amides is 1. The van der Waals surface area contributed by atoms with Gasteiger partial charge in [0.2, 0.25) is 5.91 Å². The number of aromatic nitrogens is 2. The molecule has 1 aliphatic carbocycles. The third-order valence-corrected chi connectivity index (χ3v) is 4.92. The predicted octanol–water partition coefficient (Wildman–Crippen LogP) is 2.16. The molecule has 25 heavy (non-hydrogen) atoms. The number of halogens is 1. The van der Waals surface area contributed by atoms with E-state index < -0.39 is 0 Å². The van der Waals surface area contributed by atoms with Crippen LogP contribution in [0.2, 0.25) is 0 Å². The molecule has 1 aliphatic heterocycles. The first-order valence-electron chi connectivity index (χ1n) is 8.73. The van der Waals surface area contributed by atoms with Crippen LogP contribution in [0.1, 0.15) is 29.7 Å². The van der Waals surface area contributed by atoms with Gasteiger partial charge in [-0.05, 0) is 30.9 Å². The molecule has 1 fully saturated rings. The maximum atomic E-state index is 14.0. The smallest absolute Gasteiger partial charge is 0.237 e. The molecule has 6 heteroatoms. The first-order chi connectivity index (χ1) is 12.2. The van der Waals surface area contributed by atoms with Gasteiger partial charge in [-0.1, -0.05) is 18.2 Å². The van der Waals surface area contributed by atoms with Gasteiger partial charge in [0, 0.05) is 37.4 Å². The first kappa shape index (κ1) is 16.1. The van der Waals surface area contributed by atoms with Gasteiger partial charge in [0.1, 0.15) is 12.1 Å². The lowest BCUT2D eigenvalue weighted by atomic mass is 10.1. The fourth-order valence-corrected chi connectivity index (χ4v) is 3.34. The van der Waals surface area contributed by atoms with Crippen LogP contribution in [-0.4, -0.2) is 44.8 Å². The number of nitrogens with zero attached hydrogens (tertiary/aromatic N) is 4. The van der Waals surface area contributed by atoms with Crippen LogP contribution in [0.3, 0.4) is 0 Å². The summed E-state index contributed by atoms with van der Waals surface area (Å²) >= 11 is 0. The van der Waals surface area contributed by atoms with E-state index in [9.17, 15) is 9.18 Å². The molecule has 1 amide bonds. The van der Waals surface area contributed by atoms with E-state index in [0.717, 1.165) is 37.1 Å². The molecule has 0 saturated heterocycles. The third kappa shape index (κ3) is 3.69. The van der Waals surface area contributed by atoms with Gasteiger partial charge in [-0.2, -0.15) is 0 Å². The van der Waals surface area contributed by atoms with Gasteiger partial charge in [0.15, 0.2) is 0 Å². The fourth-order valence-electron chi connectivity index (χ4n) is 3.34. The number of rotatable bonds is 5. The summed E-state index contributed by atoms with van der Waals surface area (Å²) in [6, 6.07) is 6.95. The Morgan fingerprint density at radius 3 is 2.96 bits per heavy atom. The van der Waals surface area contributed by atoms with Crippen molar-refractivity contribution in [3.63, 3.8) is 0 Å². The summed E-state index contributed by atoms with van der Waals surface area (Å²) in [6.45, 7) is 2.20. The normalized spacial score (nSPS) is 17.2. The van der Waals surface area contributed by atoms with Crippen LogP contribution >= 0.6 is 0 Å². The molecule has 1 aromatic carbocycles. The Bertz CT molecular complexity index is 778. The first-order valence-corrected chi connectivity index (χ1v) is 8.73. The summed E-state index contributed by atoms with van der Waals surface area (Å²) in [5.41, 5.74) is 2.75. The van der Waals surface area contributed by atoms with Crippen LogP contribution < -0.4 is 0 Å². The molecule has 0 atom stereocenters. The van der Waals surface area contributed by atoms with E-state index in [1.54, 1.807) is 18.5 Å². The summed E-state index contributed by atoms with van der Waals surface area (Å²) in [5.74, 6) is -0.173. The number of hydrogen-bond acceptors (Lipinski definition) is 4. The molecule has 0 bridgehead atoms. The maximum Gasteiger partial charge on any atom is 0.237 e. The molecular weight excluding hydrogens is 319 g/mol. The molecule has 0 N–H and O–H groups in total. The Labute approximate surface area is 146 Å². The second kappa shape index (κ2) is 6.88. The van der Waals surface area contributed by atoms with E-state index in [0.29, 0.717) is 25.2 Å². The lowest BCUT2D eigenvalue weighted by Gasteiger charge is -2.30. The highest BCUT2D eigenvalue weighted by molar-refractivity contribution is 5.79. The van der Waals surface area contributed by atoms with Gasteiger partial charge in [0.05, 0.1) is 12.2 Å². The largest absolute Gasteiger partial charge is 0.334 e. The van der Waals surface area contributed by atoms with E-state index in [-0.39, 0.29) is 17.8 Å². The van der Waals surface area contributed by atoms with Crippen LogP contribution in [0.15, 0.2) is 36.8 Å². The molecule has 0 spiro atoms. The molecule has 130 valence electrons. The Balaban J connectivity index is 1.43. The molecule has 0 radical (unpaired) electrons. The van der Waals surface area contributed by atoms with Crippen molar-refractivity contribution in [2.24, 2.45) is 0 Å². The molecule has 2 aliphatic rings. The summed E-state index contributed by atoms with van der Waals surface area (Å²) < 4.78 is 14.0. The molecule has 5 nitrogen and oxygen atoms in total. The topological polar surface area (TPSA) is 49.3 Å². The number of carbonyl (C=O) groups excluding carboxylic acids is 1. The van der Waals surface area contributed by atoms with Crippen LogP contribution in [0.5, 0.6) is 0 Å². The number of benzene rings is 1. The summed E-state index contributed by atoms with van der Waals surface area (Å²) in [6.07, 6.45) is 6.29. The molecule has 1 aromatic heterocycles. The average Bonchev–Trinajstić information content (AvgIpc) is 3.46. The minimum absolute atomic E-state index is 0.0725. The van der Waals surface area contributed by atoms with Gasteiger partial charge < -0.3 is 4.90 Å². The summed E-state index contributed by atoms with van der Waals surface area (Å²) in [4.78, 5) is 25.2. The lowest BCUT2D eigenvalue weighted by molar-refractivity contribution is -0.133. The van der Waals surface area contributed by atoms with Gasteiger partial charge in [-0.15, -0.1) is 0 Å². The zero-order valence-corrected chi connectivity index (χ0v) is 14.1. The minimum Gasteiger partial charge on any atom is -0.334 e. The molecule has 4 rings (SSSR count). The zero-order valence-electron chi connectivity index (χ0n) is 14.1. The third-order valence-electron chi connectivity index (χ3n) is 4.92. The summed E-state index contributed by atoms with van der Waals surface area (Å²) in [7, 11) is 0. The van der Waals surface area contributed by atoms with Crippen molar-refractivity contribution in [2.75, 3.05) is 13.1 Å². The Hall–Kier alpha value is -2.34. The van der Waals surface area contributed by atoms with Gasteiger partial charge in [0.25, 0.3) is 0 Å². The zero-order chi connectivity index (χ0) is 17.2. The van der Waals surface area contributed by atoms with Crippen LogP contribution in [0.25, 0.3) is 0 Å². The van der Waals surface area contributed by atoms with Gasteiger partial charge in [-0.3, -0.25) is 9.69 Å². The minimum atomic E-state index is -0.246. The Morgan fingerprint density at radius 1 is 1.32 bits per heavy atom. The van der Waals surface area contributed by atoms with Crippen molar-refractivity contribution < 1.29 is 9.18 Å². The Kier molecular flexibility index (Phi) is 4.44. The summed E-state index contributed by atoms with van der Waals surface area (Å²) in [5, 5.41) is 0. The highest BCUT2D eigenvalue weighted by Crippen LogP contribution is 2.29. The maximum absolute atomic E-state index is 14.0. The van der Waals surface area contributed by atoms with Crippen molar-refractivity contribution in [3.8, 4) is 0 Å². The molecular formula is C19H21FN4O. The van der Waals surface area contributed by atoms with Crippen LogP contribution in [0.4, 0.5) is 4.39 Å². The average molecular weight is 340 g/mol. The molecule has 2 heterocycles. The van der Waals surface area contributed by atoms with Crippen molar-refractivity contribution >= 4 is 5.91 Å². The Morgan fingerprint density at radius 2 is 2.16 bits per heavy atom. The van der Waals surface area contributed by atoms with E-state index in [1.807, 2.05) is 17.2 Å². The quantitative estimate of drug-likeness (QED) is 0.837. The number of fused-ring (bicyclic) bond motifs is 1. The number of hydrogen-bond donors (Lipinski definition) is 0.